The molecule has 1 radical (unpaired) electrons. The molecule has 0 saturated heterocycles. The molecule has 0 amide bonds. The standard InChI is InChI=1S/C30H17S2/c1-3-16-27-23(10-1)25-14-6-12-21(29(25)31-27)19-8-5-9-20(18-19)22-13-7-15-26-24-11-2-4-17-28(24)32-30(22)26/h1-8,10-18H. The van der Waals surface area contributed by atoms with Crippen molar-refractivity contribution < 1.29 is 0 Å². The summed E-state index contributed by atoms with van der Waals surface area (Å²) in [6, 6.07) is 40.8. The molecular weight excluding hydrogens is 424 g/mol. The van der Waals surface area contributed by atoms with Crippen LogP contribution in [0.25, 0.3) is 62.6 Å². The van der Waals surface area contributed by atoms with Crippen LogP contribution in [0.4, 0.5) is 0 Å². The lowest BCUT2D eigenvalue weighted by Gasteiger charge is -2.08. The Bertz CT molecular complexity index is 1650. The SMILES string of the molecule is [c]1ccc(-c2cccc3c2sc2ccccc23)cc1-c1cccc2c1sc1ccccc12. The van der Waals surface area contributed by atoms with Gasteiger partial charge in [-0.25, -0.2) is 0 Å². The van der Waals surface area contributed by atoms with Crippen molar-refractivity contribution in [3.05, 3.63) is 109 Å². The van der Waals surface area contributed by atoms with E-state index >= 15 is 0 Å². The Kier molecular flexibility index (Phi) is 3.98. The Balaban J connectivity index is 1.45. The fraction of sp³-hybridized carbons (Fsp3) is 0. The molecule has 0 fully saturated rings. The molecule has 2 heteroatoms. The first-order valence-corrected chi connectivity index (χ1v) is 12.3. The highest BCUT2D eigenvalue weighted by Crippen LogP contribution is 2.42. The maximum Gasteiger partial charge on any atom is 0.0434 e. The summed E-state index contributed by atoms with van der Waals surface area (Å²) in [5, 5.41) is 5.34. The average molecular weight is 442 g/mol. The van der Waals surface area contributed by atoms with E-state index in [4.69, 9.17) is 0 Å². The molecule has 5 aromatic carbocycles. The summed E-state index contributed by atoms with van der Waals surface area (Å²) in [7, 11) is 0. The van der Waals surface area contributed by atoms with Crippen LogP contribution in [-0.2, 0) is 0 Å². The second-order valence-electron chi connectivity index (χ2n) is 8.05. The molecule has 0 unspecified atom stereocenters. The third-order valence-corrected chi connectivity index (χ3v) is 8.65. The second-order valence-corrected chi connectivity index (χ2v) is 10.2. The topological polar surface area (TPSA) is 0 Å². The van der Waals surface area contributed by atoms with E-state index in [2.05, 4.69) is 109 Å². The molecule has 0 N–H and O–H groups in total. The summed E-state index contributed by atoms with van der Waals surface area (Å²) < 4.78 is 5.36. The van der Waals surface area contributed by atoms with Gasteiger partial charge in [0.15, 0.2) is 0 Å². The minimum absolute atomic E-state index is 1.15. The van der Waals surface area contributed by atoms with Gasteiger partial charge >= 0.3 is 0 Å². The molecule has 7 aromatic rings. The molecule has 2 aromatic heterocycles. The lowest BCUT2D eigenvalue weighted by atomic mass is 9.97. The fourth-order valence-electron chi connectivity index (χ4n) is 4.72. The molecule has 0 atom stereocenters. The van der Waals surface area contributed by atoms with Crippen molar-refractivity contribution in [2.75, 3.05) is 0 Å². The lowest BCUT2D eigenvalue weighted by molar-refractivity contribution is 1.63. The van der Waals surface area contributed by atoms with Gasteiger partial charge in [0.05, 0.1) is 0 Å². The van der Waals surface area contributed by atoms with Crippen molar-refractivity contribution in [3.63, 3.8) is 0 Å². The van der Waals surface area contributed by atoms with E-state index in [1.54, 1.807) is 0 Å². The zero-order chi connectivity index (χ0) is 21.1. The Hall–Kier alpha value is -3.46. The van der Waals surface area contributed by atoms with Crippen LogP contribution in [0, 0.1) is 6.07 Å². The lowest BCUT2D eigenvalue weighted by Crippen LogP contribution is -1.83. The summed E-state index contributed by atoms with van der Waals surface area (Å²) in [5.74, 6) is 0. The maximum atomic E-state index is 3.52. The molecule has 0 aliphatic heterocycles. The van der Waals surface area contributed by atoms with Crippen LogP contribution < -0.4 is 0 Å². The van der Waals surface area contributed by atoms with E-state index in [1.807, 2.05) is 22.7 Å². The van der Waals surface area contributed by atoms with Crippen molar-refractivity contribution in [3.8, 4) is 22.3 Å². The van der Waals surface area contributed by atoms with E-state index in [1.165, 1.54) is 57.0 Å². The van der Waals surface area contributed by atoms with Crippen LogP contribution in [0.2, 0.25) is 0 Å². The predicted molar refractivity (Wildman–Crippen MR) is 142 cm³/mol. The molecule has 0 spiro atoms. The zero-order valence-electron chi connectivity index (χ0n) is 17.1. The predicted octanol–water partition coefficient (Wildman–Crippen LogP) is 9.56. The van der Waals surface area contributed by atoms with Crippen LogP contribution in [-0.4, -0.2) is 0 Å². The molecule has 149 valence electrons. The first kappa shape index (κ1) is 18.1. The Morgan fingerprint density at radius 1 is 0.500 bits per heavy atom. The number of hydrogen-bond donors (Lipinski definition) is 0. The Labute approximate surface area is 194 Å². The second kappa shape index (κ2) is 7.03. The van der Waals surface area contributed by atoms with Gasteiger partial charge < -0.3 is 0 Å². The quantitative estimate of drug-likeness (QED) is 0.250. The largest absolute Gasteiger partial charge is 0.135 e. The zero-order valence-corrected chi connectivity index (χ0v) is 18.8. The van der Waals surface area contributed by atoms with Gasteiger partial charge in [0.2, 0.25) is 0 Å². The van der Waals surface area contributed by atoms with Gasteiger partial charge in [-0.15, -0.1) is 22.7 Å². The van der Waals surface area contributed by atoms with Gasteiger partial charge in [-0.2, -0.15) is 0 Å². The number of hydrogen-bond acceptors (Lipinski definition) is 2. The van der Waals surface area contributed by atoms with E-state index in [0.717, 1.165) is 5.56 Å². The van der Waals surface area contributed by atoms with Crippen LogP contribution in [0.3, 0.4) is 0 Å². The van der Waals surface area contributed by atoms with Crippen LogP contribution in [0.5, 0.6) is 0 Å². The third-order valence-electron chi connectivity index (χ3n) is 6.21. The van der Waals surface area contributed by atoms with Gasteiger partial charge in [0.1, 0.15) is 0 Å². The average Bonchev–Trinajstić information content (AvgIpc) is 3.42. The van der Waals surface area contributed by atoms with Crippen molar-refractivity contribution >= 4 is 63.0 Å². The first-order valence-electron chi connectivity index (χ1n) is 10.7. The number of rotatable bonds is 2. The minimum Gasteiger partial charge on any atom is -0.135 e. The molecule has 0 aliphatic rings. The molecule has 7 rings (SSSR count). The van der Waals surface area contributed by atoms with Crippen LogP contribution in [0.15, 0.2) is 103 Å². The Morgan fingerprint density at radius 3 is 1.75 bits per heavy atom. The number of fused-ring (bicyclic) bond motifs is 6. The monoisotopic (exact) mass is 441 g/mol. The molecule has 0 bridgehead atoms. The van der Waals surface area contributed by atoms with Gasteiger partial charge in [0, 0.05) is 45.9 Å². The van der Waals surface area contributed by atoms with Gasteiger partial charge in [0.25, 0.3) is 0 Å². The molecule has 32 heavy (non-hydrogen) atoms. The highest BCUT2D eigenvalue weighted by atomic mass is 32.1. The van der Waals surface area contributed by atoms with Gasteiger partial charge in [-0.1, -0.05) is 84.9 Å². The van der Waals surface area contributed by atoms with E-state index in [-0.39, 0.29) is 0 Å². The van der Waals surface area contributed by atoms with Crippen molar-refractivity contribution in [1.82, 2.24) is 0 Å². The summed E-state index contributed by atoms with van der Waals surface area (Å²) in [6.07, 6.45) is 0. The van der Waals surface area contributed by atoms with Crippen LogP contribution >= 0.6 is 22.7 Å². The minimum atomic E-state index is 1.15. The molecule has 0 nitrogen and oxygen atoms in total. The van der Waals surface area contributed by atoms with Gasteiger partial charge in [-0.05, 0) is 41.0 Å². The van der Waals surface area contributed by atoms with E-state index in [9.17, 15) is 0 Å². The van der Waals surface area contributed by atoms with E-state index < -0.39 is 0 Å². The molecule has 2 heterocycles. The third kappa shape index (κ3) is 2.67. The van der Waals surface area contributed by atoms with Crippen LogP contribution in [0.1, 0.15) is 0 Å². The van der Waals surface area contributed by atoms with Crippen molar-refractivity contribution in [2.24, 2.45) is 0 Å². The highest BCUT2D eigenvalue weighted by molar-refractivity contribution is 7.26. The highest BCUT2D eigenvalue weighted by Gasteiger charge is 2.13. The van der Waals surface area contributed by atoms with Gasteiger partial charge in [-0.3, -0.25) is 0 Å². The molecular formula is C30H17S2. The first-order chi connectivity index (χ1) is 15.9. The Morgan fingerprint density at radius 2 is 1.06 bits per heavy atom. The van der Waals surface area contributed by atoms with Crippen molar-refractivity contribution in [2.45, 2.75) is 0 Å². The normalized spacial score (nSPS) is 11.8. The summed E-state index contributed by atoms with van der Waals surface area (Å²) >= 11 is 3.75. The van der Waals surface area contributed by atoms with Crippen molar-refractivity contribution in [1.29, 1.82) is 0 Å². The smallest absolute Gasteiger partial charge is 0.0434 e. The summed E-state index contributed by atoms with van der Waals surface area (Å²) in [4.78, 5) is 0. The molecule has 0 saturated carbocycles. The van der Waals surface area contributed by atoms with E-state index in [0.29, 0.717) is 0 Å². The maximum absolute atomic E-state index is 3.52. The summed E-state index contributed by atoms with van der Waals surface area (Å²) in [6.45, 7) is 0. The molecule has 0 aliphatic carbocycles. The summed E-state index contributed by atoms with van der Waals surface area (Å²) in [5.41, 5.74) is 4.95. The number of benzene rings is 5. The number of thiophene rings is 2. The fourth-order valence-corrected chi connectivity index (χ4v) is 7.19.